The van der Waals surface area contributed by atoms with Crippen molar-refractivity contribution < 1.29 is 4.74 Å². The van der Waals surface area contributed by atoms with Crippen LogP contribution in [-0.4, -0.2) is 16.6 Å². The van der Waals surface area contributed by atoms with E-state index < -0.39 is 0 Å². The van der Waals surface area contributed by atoms with E-state index in [2.05, 4.69) is 23.0 Å². The maximum Gasteiger partial charge on any atom is 0.149 e. The molecule has 5 heteroatoms. The first-order valence-electron chi connectivity index (χ1n) is 8.20. The number of halogens is 1. The van der Waals surface area contributed by atoms with Gasteiger partial charge in [0.05, 0.1) is 23.2 Å². The number of aromatic nitrogens is 2. The molecule has 0 saturated carbocycles. The first-order chi connectivity index (χ1) is 12.2. The number of nitrogens with zero attached hydrogens (tertiary/aromatic N) is 2. The van der Waals surface area contributed by atoms with E-state index in [1.165, 1.54) is 0 Å². The molecule has 4 nitrogen and oxygen atoms in total. The summed E-state index contributed by atoms with van der Waals surface area (Å²) in [7, 11) is 0. The lowest BCUT2D eigenvalue weighted by atomic mass is 10.1. The van der Waals surface area contributed by atoms with Gasteiger partial charge in [0.25, 0.3) is 0 Å². The average Bonchev–Trinajstić information content (AvgIpc) is 3.05. The number of allylic oxidation sites excluding steroid dienone is 1. The fourth-order valence-electron chi connectivity index (χ4n) is 2.48. The number of hydrogen-bond acceptors (Lipinski definition) is 3. The summed E-state index contributed by atoms with van der Waals surface area (Å²) in [5, 5.41) is 10.2. The molecule has 25 heavy (non-hydrogen) atoms. The lowest BCUT2D eigenvalue weighted by Crippen LogP contribution is -1.98. The Kier molecular flexibility index (Phi) is 5.37. The minimum absolute atomic E-state index is 0.429. The number of nitrogens with one attached hydrogen (secondary N) is 1. The minimum atomic E-state index is 0.429. The molecule has 0 atom stereocenters. The van der Waals surface area contributed by atoms with Crippen LogP contribution in [0.25, 0.3) is 22.7 Å². The molecule has 2 aromatic carbocycles. The van der Waals surface area contributed by atoms with Gasteiger partial charge in [0.2, 0.25) is 0 Å². The fraction of sp³-hybridized carbons (Fsp3) is 0.200. The Balaban J connectivity index is 1.99. The van der Waals surface area contributed by atoms with Gasteiger partial charge in [-0.15, -0.1) is 0 Å². The number of imidazole rings is 1. The predicted octanol–water partition coefficient (Wildman–Crippen LogP) is 5.46. The molecule has 0 amide bonds. The molecule has 1 N–H and O–H groups in total. The fourth-order valence-corrected chi connectivity index (χ4v) is 2.66. The number of aromatic amines is 1. The number of H-pyrrole nitrogens is 1. The molecular formula is C20H18ClN3O. The van der Waals surface area contributed by atoms with Crippen LogP contribution in [0.2, 0.25) is 5.02 Å². The number of hydrogen-bond donors (Lipinski definition) is 1. The van der Waals surface area contributed by atoms with Gasteiger partial charge in [-0.25, -0.2) is 4.98 Å². The molecule has 0 radical (unpaired) electrons. The number of para-hydroxylation sites is 2. The molecule has 0 unspecified atom stereocenters. The van der Waals surface area contributed by atoms with Gasteiger partial charge in [-0.3, -0.25) is 0 Å². The van der Waals surface area contributed by atoms with Gasteiger partial charge in [-0.2, -0.15) is 5.26 Å². The van der Waals surface area contributed by atoms with E-state index in [1.807, 2.05) is 30.3 Å². The second-order valence-corrected chi connectivity index (χ2v) is 6.09. The Hall–Kier alpha value is -2.77. The third-order valence-corrected chi connectivity index (χ3v) is 4.03. The summed E-state index contributed by atoms with van der Waals surface area (Å²) in [5.41, 5.74) is 2.91. The smallest absolute Gasteiger partial charge is 0.149 e. The second kappa shape index (κ2) is 7.87. The third-order valence-electron chi connectivity index (χ3n) is 3.79. The van der Waals surface area contributed by atoms with E-state index >= 15 is 0 Å². The van der Waals surface area contributed by atoms with Crippen LogP contribution in [0.4, 0.5) is 0 Å². The van der Waals surface area contributed by atoms with Gasteiger partial charge in [-0.1, -0.05) is 37.1 Å². The molecule has 3 rings (SSSR count). The SMILES string of the molecule is CCCCOc1ccc(Cl)cc1C=C(C#N)c1nc2ccccc2[nH]1. The van der Waals surface area contributed by atoms with Gasteiger partial charge in [0.15, 0.2) is 0 Å². The Morgan fingerprint density at radius 1 is 1.32 bits per heavy atom. The van der Waals surface area contributed by atoms with Crippen LogP contribution in [0, 0.1) is 11.3 Å². The maximum absolute atomic E-state index is 9.59. The highest BCUT2D eigenvalue weighted by Gasteiger charge is 2.10. The molecule has 0 aliphatic heterocycles. The van der Waals surface area contributed by atoms with Crippen LogP contribution in [0.1, 0.15) is 31.2 Å². The normalized spacial score (nSPS) is 11.5. The van der Waals surface area contributed by atoms with Crippen LogP contribution in [0.3, 0.4) is 0 Å². The molecule has 0 saturated heterocycles. The number of unbranched alkanes of at least 4 members (excludes halogenated alkanes) is 1. The van der Waals surface area contributed by atoms with Crippen molar-refractivity contribution in [2.75, 3.05) is 6.61 Å². The van der Waals surface area contributed by atoms with Crippen molar-refractivity contribution in [3.8, 4) is 11.8 Å². The van der Waals surface area contributed by atoms with Crippen LogP contribution in [0.5, 0.6) is 5.75 Å². The molecule has 1 aromatic heterocycles. The highest BCUT2D eigenvalue weighted by Crippen LogP contribution is 2.28. The summed E-state index contributed by atoms with van der Waals surface area (Å²) in [5.74, 6) is 1.24. The summed E-state index contributed by atoms with van der Waals surface area (Å²) in [6.45, 7) is 2.74. The minimum Gasteiger partial charge on any atom is -0.493 e. The van der Waals surface area contributed by atoms with Crippen molar-refractivity contribution in [2.24, 2.45) is 0 Å². The van der Waals surface area contributed by atoms with Crippen molar-refractivity contribution in [1.82, 2.24) is 9.97 Å². The number of ether oxygens (including phenoxy) is 1. The van der Waals surface area contributed by atoms with Crippen molar-refractivity contribution in [3.05, 3.63) is 58.9 Å². The van der Waals surface area contributed by atoms with Gasteiger partial charge in [-0.05, 0) is 42.8 Å². The van der Waals surface area contributed by atoms with Crippen molar-refractivity contribution >= 4 is 34.3 Å². The molecule has 0 spiro atoms. The molecule has 0 aliphatic carbocycles. The summed E-state index contributed by atoms with van der Waals surface area (Å²) < 4.78 is 5.83. The van der Waals surface area contributed by atoms with E-state index in [4.69, 9.17) is 16.3 Å². The number of fused-ring (bicyclic) bond motifs is 1. The standard InChI is InChI=1S/C20H18ClN3O/c1-2-3-10-25-19-9-8-16(21)12-14(19)11-15(13-22)20-23-17-6-4-5-7-18(17)24-20/h4-9,11-12H,2-3,10H2,1H3,(H,23,24). The van der Waals surface area contributed by atoms with Gasteiger partial charge in [0.1, 0.15) is 17.6 Å². The highest BCUT2D eigenvalue weighted by atomic mass is 35.5. The number of benzene rings is 2. The molecule has 0 fully saturated rings. The van der Waals surface area contributed by atoms with Crippen LogP contribution in [0.15, 0.2) is 42.5 Å². The predicted molar refractivity (Wildman–Crippen MR) is 101 cm³/mol. The van der Waals surface area contributed by atoms with E-state index in [0.717, 1.165) is 29.4 Å². The average molecular weight is 352 g/mol. The molecule has 1 heterocycles. The lowest BCUT2D eigenvalue weighted by molar-refractivity contribution is 0.309. The molecule has 0 bridgehead atoms. The molecule has 3 aromatic rings. The Morgan fingerprint density at radius 3 is 2.92 bits per heavy atom. The first-order valence-corrected chi connectivity index (χ1v) is 8.58. The summed E-state index contributed by atoms with van der Waals surface area (Å²) in [6, 6.07) is 15.3. The van der Waals surface area contributed by atoms with Crippen molar-refractivity contribution in [3.63, 3.8) is 0 Å². The Morgan fingerprint density at radius 2 is 2.16 bits per heavy atom. The van der Waals surface area contributed by atoms with Crippen molar-refractivity contribution in [2.45, 2.75) is 19.8 Å². The van der Waals surface area contributed by atoms with Crippen LogP contribution in [-0.2, 0) is 0 Å². The second-order valence-electron chi connectivity index (χ2n) is 5.66. The maximum atomic E-state index is 9.59. The zero-order chi connectivity index (χ0) is 17.6. The zero-order valence-electron chi connectivity index (χ0n) is 13.9. The number of nitriles is 1. The van der Waals surface area contributed by atoms with Gasteiger partial charge in [0, 0.05) is 10.6 Å². The van der Waals surface area contributed by atoms with E-state index in [1.54, 1.807) is 18.2 Å². The largest absolute Gasteiger partial charge is 0.493 e. The van der Waals surface area contributed by atoms with E-state index in [0.29, 0.717) is 28.8 Å². The molecule has 126 valence electrons. The summed E-state index contributed by atoms with van der Waals surface area (Å²) >= 11 is 6.12. The third kappa shape index (κ3) is 4.01. The Labute approximate surface area is 151 Å². The Bertz CT molecular complexity index is 920. The first kappa shape index (κ1) is 17.1. The topological polar surface area (TPSA) is 61.7 Å². The molecule has 0 aliphatic rings. The van der Waals surface area contributed by atoms with E-state index in [9.17, 15) is 5.26 Å². The van der Waals surface area contributed by atoms with Crippen LogP contribution < -0.4 is 4.74 Å². The number of rotatable bonds is 6. The highest BCUT2D eigenvalue weighted by molar-refractivity contribution is 6.30. The van der Waals surface area contributed by atoms with Gasteiger partial charge < -0.3 is 9.72 Å². The molecular weight excluding hydrogens is 334 g/mol. The van der Waals surface area contributed by atoms with Crippen molar-refractivity contribution in [1.29, 1.82) is 5.26 Å². The van der Waals surface area contributed by atoms with Crippen LogP contribution >= 0.6 is 11.6 Å². The lowest BCUT2D eigenvalue weighted by Gasteiger charge is -2.09. The quantitative estimate of drug-likeness (QED) is 0.473. The summed E-state index contributed by atoms with van der Waals surface area (Å²) in [4.78, 5) is 7.66. The van der Waals surface area contributed by atoms with E-state index in [-0.39, 0.29) is 0 Å². The summed E-state index contributed by atoms with van der Waals surface area (Å²) in [6.07, 6.45) is 3.78. The zero-order valence-corrected chi connectivity index (χ0v) is 14.7. The van der Waals surface area contributed by atoms with Gasteiger partial charge >= 0.3 is 0 Å². The monoisotopic (exact) mass is 351 g/mol.